The minimum atomic E-state index is -0.506. The molecule has 0 saturated heterocycles. The summed E-state index contributed by atoms with van der Waals surface area (Å²) < 4.78 is 0. The molecule has 0 bridgehead atoms. The van der Waals surface area contributed by atoms with Gasteiger partial charge in [-0.25, -0.2) is 0 Å². The summed E-state index contributed by atoms with van der Waals surface area (Å²) >= 11 is 1.59. The van der Waals surface area contributed by atoms with E-state index in [0.29, 0.717) is 18.8 Å². The van der Waals surface area contributed by atoms with Crippen molar-refractivity contribution in [2.45, 2.75) is 52.5 Å². The predicted octanol–water partition coefficient (Wildman–Crippen LogP) is 4.48. The van der Waals surface area contributed by atoms with E-state index in [1.54, 1.807) is 16.7 Å². The van der Waals surface area contributed by atoms with E-state index in [1.807, 2.05) is 51.1 Å². The Labute approximate surface area is 179 Å². The van der Waals surface area contributed by atoms with Crippen molar-refractivity contribution < 1.29 is 9.59 Å². The van der Waals surface area contributed by atoms with E-state index in [1.165, 1.54) is 11.1 Å². The Kier molecular flexibility index (Phi) is 9.26. The molecule has 2 aromatic carbocycles. The van der Waals surface area contributed by atoms with Gasteiger partial charge in [0.05, 0.1) is 5.75 Å². The van der Waals surface area contributed by atoms with Crippen LogP contribution in [0, 0.1) is 13.8 Å². The highest BCUT2D eigenvalue weighted by Gasteiger charge is 2.25. The van der Waals surface area contributed by atoms with E-state index in [2.05, 4.69) is 30.4 Å². The predicted molar refractivity (Wildman–Crippen MR) is 122 cm³/mol. The lowest BCUT2D eigenvalue weighted by molar-refractivity contribution is -0.138. The molecule has 0 aromatic heterocycles. The van der Waals surface area contributed by atoms with Crippen molar-refractivity contribution in [2.75, 3.05) is 12.3 Å². The maximum absolute atomic E-state index is 13.1. The smallest absolute Gasteiger partial charge is 0.242 e. The largest absolute Gasteiger partial charge is 0.354 e. The summed E-state index contributed by atoms with van der Waals surface area (Å²) in [5, 5.41) is 2.91. The summed E-state index contributed by atoms with van der Waals surface area (Å²) in [6, 6.07) is 15.8. The molecule has 0 saturated carbocycles. The molecule has 2 aromatic rings. The molecule has 156 valence electrons. The molecule has 0 aliphatic heterocycles. The molecule has 2 rings (SSSR count). The molecule has 0 aliphatic carbocycles. The summed E-state index contributed by atoms with van der Waals surface area (Å²) in [5.74, 6) is 1.03. The van der Waals surface area contributed by atoms with E-state index in [9.17, 15) is 9.59 Å². The average Bonchev–Trinajstić information content (AvgIpc) is 2.71. The molecular weight excluding hydrogens is 380 g/mol. The number of benzene rings is 2. The lowest BCUT2D eigenvalue weighted by Gasteiger charge is -2.29. The monoisotopic (exact) mass is 412 g/mol. The van der Waals surface area contributed by atoms with Crippen LogP contribution in [0.4, 0.5) is 0 Å². The van der Waals surface area contributed by atoms with Crippen LogP contribution in [0.1, 0.15) is 42.5 Å². The lowest BCUT2D eigenvalue weighted by Crippen LogP contribution is -2.48. The number of hydrogen-bond donors (Lipinski definition) is 1. The first-order chi connectivity index (χ1) is 13.9. The van der Waals surface area contributed by atoms with Gasteiger partial charge >= 0.3 is 0 Å². The molecular formula is C24H32N2O2S. The Morgan fingerprint density at radius 3 is 2.55 bits per heavy atom. The zero-order valence-electron chi connectivity index (χ0n) is 17.9. The van der Waals surface area contributed by atoms with E-state index in [0.717, 1.165) is 23.3 Å². The summed E-state index contributed by atoms with van der Waals surface area (Å²) in [7, 11) is 0. The molecule has 0 aliphatic rings. The van der Waals surface area contributed by atoms with Crippen LogP contribution < -0.4 is 5.32 Å². The Morgan fingerprint density at radius 2 is 1.86 bits per heavy atom. The maximum Gasteiger partial charge on any atom is 0.242 e. The van der Waals surface area contributed by atoms with Gasteiger partial charge in [-0.15, -0.1) is 11.8 Å². The summed E-state index contributed by atoms with van der Waals surface area (Å²) in [5.41, 5.74) is 4.66. The van der Waals surface area contributed by atoms with Gasteiger partial charge in [-0.3, -0.25) is 9.59 Å². The van der Waals surface area contributed by atoms with Gasteiger partial charge in [0.1, 0.15) is 6.04 Å². The minimum absolute atomic E-state index is 0.00996. The second-order valence-corrected chi connectivity index (χ2v) is 8.38. The molecule has 1 N–H and O–H groups in total. The van der Waals surface area contributed by atoms with Crippen LogP contribution in [0.5, 0.6) is 0 Å². The highest BCUT2D eigenvalue weighted by molar-refractivity contribution is 7.99. The van der Waals surface area contributed by atoms with Gasteiger partial charge in [0.2, 0.25) is 11.8 Å². The van der Waals surface area contributed by atoms with Crippen LogP contribution in [0.2, 0.25) is 0 Å². The topological polar surface area (TPSA) is 49.4 Å². The molecule has 29 heavy (non-hydrogen) atoms. The number of carbonyl (C=O) groups is 2. The van der Waals surface area contributed by atoms with Crippen LogP contribution in [-0.4, -0.2) is 35.1 Å². The molecule has 0 unspecified atom stereocenters. The first-order valence-electron chi connectivity index (χ1n) is 10.2. The first-order valence-corrected chi connectivity index (χ1v) is 11.3. The van der Waals surface area contributed by atoms with Gasteiger partial charge in [-0.2, -0.15) is 0 Å². The van der Waals surface area contributed by atoms with Crippen LogP contribution in [-0.2, 0) is 21.9 Å². The number of aryl methyl sites for hydroxylation is 2. The Bertz CT molecular complexity index is 822. The van der Waals surface area contributed by atoms with Crippen molar-refractivity contribution >= 4 is 23.6 Å². The van der Waals surface area contributed by atoms with Crippen LogP contribution >= 0.6 is 11.8 Å². The third kappa shape index (κ3) is 7.24. The van der Waals surface area contributed by atoms with E-state index in [-0.39, 0.29) is 11.8 Å². The zero-order chi connectivity index (χ0) is 21.2. The molecule has 5 heteroatoms. The molecule has 1 atom stereocenters. The second kappa shape index (κ2) is 11.7. The Hall–Kier alpha value is -2.27. The highest BCUT2D eigenvalue weighted by Crippen LogP contribution is 2.18. The van der Waals surface area contributed by atoms with Gasteiger partial charge < -0.3 is 10.2 Å². The fourth-order valence-corrected chi connectivity index (χ4v) is 4.08. The SMILES string of the molecule is CCCNC(=O)[C@@H](C)N(Cc1cccc(C)c1)C(=O)CSCc1ccccc1C. The van der Waals surface area contributed by atoms with Gasteiger partial charge in [-0.05, 0) is 43.9 Å². The van der Waals surface area contributed by atoms with Gasteiger partial charge in [0.25, 0.3) is 0 Å². The van der Waals surface area contributed by atoms with Gasteiger partial charge in [-0.1, -0.05) is 61.0 Å². The van der Waals surface area contributed by atoms with Crippen LogP contribution in [0.15, 0.2) is 48.5 Å². The summed E-state index contributed by atoms with van der Waals surface area (Å²) in [6.45, 7) is 9.00. The zero-order valence-corrected chi connectivity index (χ0v) is 18.7. The van der Waals surface area contributed by atoms with Crippen molar-refractivity contribution in [1.29, 1.82) is 0 Å². The van der Waals surface area contributed by atoms with Crippen molar-refractivity contribution in [1.82, 2.24) is 10.2 Å². The standard InChI is InChI=1S/C24H32N2O2S/c1-5-13-25-24(28)20(4)26(15-21-11-8-9-18(2)14-21)23(27)17-29-16-22-12-7-6-10-19(22)3/h6-12,14,20H,5,13,15-17H2,1-4H3,(H,25,28)/t20-/m1/s1. The Balaban J connectivity index is 2.07. The number of nitrogens with one attached hydrogen (secondary N) is 1. The van der Waals surface area contributed by atoms with Gasteiger partial charge in [0.15, 0.2) is 0 Å². The molecule has 0 radical (unpaired) electrons. The molecule has 2 amide bonds. The number of carbonyl (C=O) groups excluding carboxylic acids is 2. The maximum atomic E-state index is 13.1. The number of amides is 2. The van der Waals surface area contributed by atoms with Crippen molar-refractivity contribution in [3.63, 3.8) is 0 Å². The molecule has 0 spiro atoms. The summed E-state index contributed by atoms with van der Waals surface area (Å²) in [6.07, 6.45) is 0.872. The minimum Gasteiger partial charge on any atom is -0.354 e. The first kappa shape index (κ1) is 23.0. The van der Waals surface area contributed by atoms with Crippen molar-refractivity contribution in [2.24, 2.45) is 0 Å². The lowest BCUT2D eigenvalue weighted by atomic mass is 10.1. The van der Waals surface area contributed by atoms with E-state index >= 15 is 0 Å². The van der Waals surface area contributed by atoms with E-state index < -0.39 is 6.04 Å². The highest BCUT2D eigenvalue weighted by atomic mass is 32.2. The van der Waals surface area contributed by atoms with Crippen molar-refractivity contribution in [3.05, 3.63) is 70.8 Å². The van der Waals surface area contributed by atoms with E-state index in [4.69, 9.17) is 0 Å². The van der Waals surface area contributed by atoms with Crippen molar-refractivity contribution in [3.8, 4) is 0 Å². The number of thioether (sulfide) groups is 1. The third-order valence-electron chi connectivity index (χ3n) is 4.90. The second-order valence-electron chi connectivity index (χ2n) is 7.40. The van der Waals surface area contributed by atoms with Gasteiger partial charge in [0, 0.05) is 18.8 Å². The third-order valence-corrected chi connectivity index (χ3v) is 5.86. The Morgan fingerprint density at radius 1 is 1.10 bits per heavy atom. The average molecular weight is 413 g/mol. The summed E-state index contributed by atoms with van der Waals surface area (Å²) in [4.78, 5) is 27.3. The van der Waals surface area contributed by atoms with Crippen LogP contribution in [0.25, 0.3) is 0 Å². The normalized spacial score (nSPS) is 11.7. The number of nitrogens with zero attached hydrogens (tertiary/aromatic N) is 1. The fourth-order valence-electron chi connectivity index (χ4n) is 3.09. The molecule has 4 nitrogen and oxygen atoms in total. The fraction of sp³-hybridized carbons (Fsp3) is 0.417. The van der Waals surface area contributed by atoms with Crippen LogP contribution in [0.3, 0.4) is 0 Å². The number of rotatable bonds is 10. The quantitative estimate of drug-likeness (QED) is 0.626. The molecule has 0 heterocycles. The molecule has 0 fully saturated rings. The number of hydrogen-bond acceptors (Lipinski definition) is 3.